The number of aliphatic hydroxyl groups is 1. The molecule has 1 aromatic rings. The molecule has 0 aliphatic carbocycles. The number of rotatable bonds is 15. The van der Waals surface area contributed by atoms with Gasteiger partial charge in [0.1, 0.15) is 18.1 Å². The van der Waals surface area contributed by atoms with Crippen molar-refractivity contribution in [3.05, 3.63) is 18.2 Å². The molecule has 190 valence electrons. The van der Waals surface area contributed by atoms with Gasteiger partial charge in [-0.1, -0.05) is 20.3 Å². The lowest BCUT2D eigenvalue weighted by molar-refractivity contribution is -0.143. The molecule has 5 unspecified atom stereocenters. The molecule has 10 N–H and O–H groups in total. The molecule has 0 bridgehead atoms. The molecule has 0 spiro atoms. The number of nitrogens with one attached hydrogen (secondary N) is 4. The fourth-order valence-electron chi connectivity index (χ4n) is 2.89. The van der Waals surface area contributed by atoms with Crippen LogP contribution >= 0.6 is 0 Å². The van der Waals surface area contributed by atoms with E-state index < -0.39 is 60.4 Å². The van der Waals surface area contributed by atoms with Gasteiger partial charge in [0.05, 0.1) is 19.0 Å². The van der Waals surface area contributed by atoms with E-state index in [0.717, 1.165) is 0 Å². The van der Waals surface area contributed by atoms with Crippen LogP contribution < -0.4 is 27.4 Å². The molecule has 14 nitrogen and oxygen atoms in total. The van der Waals surface area contributed by atoms with Crippen LogP contribution in [0.3, 0.4) is 0 Å². The van der Waals surface area contributed by atoms with E-state index >= 15 is 0 Å². The molecule has 0 aromatic carbocycles. The van der Waals surface area contributed by atoms with Crippen LogP contribution in [0.2, 0.25) is 0 Å². The van der Waals surface area contributed by atoms with Crippen LogP contribution in [0.1, 0.15) is 38.8 Å². The van der Waals surface area contributed by atoms with Crippen molar-refractivity contribution in [3.63, 3.8) is 0 Å². The summed E-state index contributed by atoms with van der Waals surface area (Å²) >= 11 is 0. The van der Waals surface area contributed by atoms with Crippen LogP contribution in [-0.4, -0.2) is 80.6 Å². The van der Waals surface area contributed by atoms with Gasteiger partial charge < -0.3 is 42.6 Å². The summed E-state index contributed by atoms with van der Waals surface area (Å²) in [5.74, 6) is -4.64. The summed E-state index contributed by atoms with van der Waals surface area (Å²) in [6.07, 6.45) is 2.91. The highest BCUT2D eigenvalue weighted by Gasteiger charge is 2.31. The van der Waals surface area contributed by atoms with Crippen molar-refractivity contribution >= 4 is 29.6 Å². The third kappa shape index (κ3) is 9.15. The van der Waals surface area contributed by atoms with Crippen LogP contribution in [0.15, 0.2) is 12.5 Å². The molecule has 0 aliphatic rings. The molecule has 34 heavy (non-hydrogen) atoms. The van der Waals surface area contributed by atoms with Crippen molar-refractivity contribution in [1.82, 2.24) is 25.9 Å². The number of hydrogen-bond donors (Lipinski definition) is 8. The molecule has 0 aliphatic heterocycles. The van der Waals surface area contributed by atoms with E-state index in [0.29, 0.717) is 12.1 Å². The standard InChI is InChI=1S/C20H33N7O7/c1-3-10(2)16(22)19(32)25-12(4-5-15(21)29)17(30)26-13(6-11-7-23-9-24-11)18(31)27-14(8-28)20(33)34/h7,9-10,12-14,16,28H,3-6,8,22H2,1-2H3,(H2,21,29)(H,23,24)(H,25,32)(H,26,30)(H,27,31)(H,33,34). The van der Waals surface area contributed by atoms with E-state index in [1.807, 2.05) is 6.92 Å². The fourth-order valence-corrected chi connectivity index (χ4v) is 2.89. The number of carboxylic acids is 1. The number of aliphatic carboxylic acids is 1. The Labute approximate surface area is 196 Å². The minimum atomic E-state index is -1.59. The van der Waals surface area contributed by atoms with Crippen molar-refractivity contribution in [1.29, 1.82) is 0 Å². The number of amides is 4. The first-order chi connectivity index (χ1) is 16.0. The van der Waals surface area contributed by atoms with Gasteiger partial charge in [-0.2, -0.15) is 0 Å². The van der Waals surface area contributed by atoms with Crippen molar-refractivity contribution < 1.29 is 34.2 Å². The number of aromatic amines is 1. The van der Waals surface area contributed by atoms with Crippen LogP contribution in [0.25, 0.3) is 0 Å². The van der Waals surface area contributed by atoms with E-state index in [1.54, 1.807) is 6.92 Å². The lowest BCUT2D eigenvalue weighted by Gasteiger charge is -2.25. The first kappa shape index (κ1) is 28.5. The second kappa shape index (κ2) is 13.9. The van der Waals surface area contributed by atoms with Crippen LogP contribution in [0.4, 0.5) is 0 Å². The molecule has 5 atom stereocenters. The summed E-state index contributed by atoms with van der Waals surface area (Å²) < 4.78 is 0. The predicted octanol–water partition coefficient (Wildman–Crippen LogP) is -2.88. The van der Waals surface area contributed by atoms with E-state index in [1.165, 1.54) is 12.5 Å². The van der Waals surface area contributed by atoms with Gasteiger partial charge in [0.25, 0.3) is 0 Å². The normalized spacial score (nSPS) is 15.3. The highest BCUT2D eigenvalue weighted by Crippen LogP contribution is 2.08. The number of hydrogen-bond acceptors (Lipinski definition) is 8. The topological polar surface area (TPSA) is 243 Å². The smallest absolute Gasteiger partial charge is 0.328 e. The zero-order valence-electron chi connectivity index (χ0n) is 19.1. The zero-order chi connectivity index (χ0) is 25.8. The Morgan fingerprint density at radius 2 is 1.65 bits per heavy atom. The maximum absolute atomic E-state index is 13.0. The van der Waals surface area contributed by atoms with Crippen LogP contribution in [-0.2, 0) is 30.4 Å². The molecule has 1 heterocycles. The number of H-pyrrole nitrogens is 1. The molecule has 0 fully saturated rings. The molecule has 0 saturated heterocycles. The van der Waals surface area contributed by atoms with Gasteiger partial charge in [0, 0.05) is 24.7 Å². The highest BCUT2D eigenvalue weighted by molar-refractivity contribution is 5.94. The van der Waals surface area contributed by atoms with E-state index in [4.69, 9.17) is 16.6 Å². The molecular weight excluding hydrogens is 450 g/mol. The number of carbonyl (C=O) groups excluding carboxylic acids is 4. The van der Waals surface area contributed by atoms with Crippen molar-refractivity contribution in [2.24, 2.45) is 17.4 Å². The zero-order valence-corrected chi connectivity index (χ0v) is 19.1. The van der Waals surface area contributed by atoms with Crippen LogP contribution in [0.5, 0.6) is 0 Å². The second-order valence-corrected chi connectivity index (χ2v) is 7.90. The van der Waals surface area contributed by atoms with Gasteiger partial charge in [-0.25, -0.2) is 9.78 Å². The molecule has 4 amide bonds. The van der Waals surface area contributed by atoms with Gasteiger partial charge in [-0.3, -0.25) is 19.2 Å². The molecular formula is C20H33N7O7. The Balaban J connectivity index is 3.06. The van der Waals surface area contributed by atoms with E-state index in [9.17, 15) is 29.1 Å². The number of carboxylic acid groups (broad SMARTS) is 1. The predicted molar refractivity (Wildman–Crippen MR) is 119 cm³/mol. The minimum absolute atomic E-state index is 0.0990. The summed E-state index contributed by atoms with van der Waals surface area (Å²) in [4.78, 5) is 67.2. The Morgan fingerprint density at radius 1 is 1.06 bits per heavy atom. The number of aliphatic hydroxyl groups excluding tert-OH is 1. The summed E-state index contributed by atoms with van der Waals surface area (Å²) in [5, 5.41) is 25.4. The van der Waals surface area contributed by atoms with Crippen LogP contribution in [0, 0.1) is 5.92 Å². The summed E-state index contributed by atoms with van der Waals surface area (Å²) in [5.41, 5.74) is 11.6. The third-order valence-electron chi connectivity index (χ3n) is 5.28. The van der Waals surface area contributed by atoms with Crippen molar-refractivity contribution in [3.8, 4) is 0 Å². The van der Waals surface area contributed by atoms with E-state index in [2.05, 4.69) is 25.9 Å². The molecule has 1 rings (SSSR count). The number of primary amides is 1. The maximum atomic E-state index is 13.0. The lowest BCUT2D eigenvalue weighted by atomic mass is 9.98. The first-order valence-corrected chi connectivity index (χ1v) is 10.8. The maximum Gasteiger partial charge on any atom is 0.328 e. The van der Waals surface area contributed by atoms with Crippen molar-refractivity contribution in [2.75, 3.05) is 6.61 Å². The molecule has 14 heteroatoms. The molecule has 0 saturated carbocycles. The minimum Gasteiger partial charge on any atom is -0.480 e. The summed E-state index contributed by atoms with van der Waals surface area (Å²) in [6.45, 7) is 2.76. The molecule has 1 aromatic heterocycles. The number of nitrogens with two attached hydrogens (primary N) is 2. The largest absolute Gasteiger partial charge is 0.480 e. The van der Waals surface area contributed by atoms with Crippen molar-refractivity contribution in [2.45, 2.75) is 63.7 Å². The SMILES string of the molecule is CCC(C)C(N)C(=O)NC(CCC(N)=O)C(=O)NC(Cc1cnc[nH]1)C(=O)NC(CO)C(=O)O. The Kier molecular flexibility index (Phi) is 11.7. The van der Waals surface area contributed by atoms with E-state index in [-0.39, 0.29) is 25.2 Å². The number of aromatic nitrogens is 2. The lowest BCUT2D eigenvalue weighted by Crippen LogP contribution is -2.58. The van der Waals surface area contributed by atoms with Gasteiger partial charge >= 0.3 is 5.97 Å². The number of carbonyl (C=O) groups is 5. The van der Waals surface area contributed by atoms with Gasteiger partial charge in [-0.05, 0) is 12.3 Å². The Bertz CT molecular complexity index is 846. The first-order valence-electron chi connectivity index (χ1n) is 10.8. The van der Waals surface area contributed by atoms with Gasteiger partial charge in [0.2, 0.25) is 23.6 Å². The quantitative estimate of drug-likeness (QED) is 0.127. The monoisotopic (exact) mass is 483 g/mol. The summed E-state index contributed by atoms with van der Waals surface area (Å²) in [6, 6.07) is -5.02. The Morgan fingerprint density at radius 3 is 2.15 bits per heavy atom. The van der Waals surface area contributed by atoms with Gasteiger partial charge in [-0.15, -0.1) is 0 Å². The number of imidazole rings is 1. The third-order valence-corrected chi connectivity index (χ3v) is 5.28. The Hall–Kier alpha value is -3.52. The average Bonchev–Trinajstić information content (AvgIpc) is 3.30. The second-order valence-electron chi connectivity index (χ2n) is 7.90. The fraction of sp³-hybridized carbons (Fsp3) is 0.600. The molecule has 0 radical (unpaired) electrons. The average molecular weight is 484 g/mol. The summed E-state index contributed by atoms with van der Waals surface area (Å²) in [7, 11) is 0. The number of nitrogens with zero attached hydrogens (tertiary/aromatic N) is 1. The highest BCUT2D eigenvalue weighted by atomic mass is 16.4. The van der Waals surface area contributed by atoms with Gasteiger partial charge in [0.15, 0.2) is 0 Å².